The minimum absolute atomic E-state index is 0.00983. The zero-order valence-electron chi connectivity index (χ0n) is 34.8. The van der Waals surface area contributed by atoms with Crippen LogP contribution in [0.3, 0.4) is 0 Å². The van der Waals surface area contributed by atoms with Gasteiger partial charge in [0.15, 0.2) is 16.6 Å². The summed E-state index contributed by atoms with van der Waals surface area (Å²) in [7, 11) is -8.20. The number of fused-ring (bicyclic) bond motifs is 3. The molecule has 6 atom stereocenters. The van der Waals surface area contributed by atoms with Gasteiger partial charge in [-0.05, 0) is 128 Å². The van der Waals surface area contributed by atoms with Crippen molar-refractivity contribution in [3.05, 3.63) is 77.4 Å². The first-order chi connectivity index (χ1) is 24.6. The van der Waals surface area contributed by atoms with Gasteiger partial charge in [-0.15, -0.1) is 0 Å². The van der Waals surface area contributed by atoms with Crippen LogP contribution in [-0.4, -0.2) is 43.4 Å². The minimum Gasteiger partial charge on any atom is -0.413 e. The molecule has 0 heterocycles. The normalized spacial score (nSPS) is 27.0. The maximum absolute atomic E-state index is 14.0. The predicted molar refractivity (Wildman–Crippen MR) is 224 cm³/mol. The first-order valence-corrected chi connectivity index (χ1v) is 27.9. The van der Waals surface area contributed by atoms with Gasteiger partial charge in [-0.1, -0.05) is 115 Å². The van der Waals surface area contributed by atoms with Gasteiger partial charge in [0.05, 0.1) is 23.2 Å². The van der Waals surface area contributed by atoms with Crippen LogP contribution in [0.1, 0.15) is 122 Å². The first-order valence-electron chi connectivity index (χ1n) is 20.7. The van der Waals surface area contributed by atoms with Crippen molar-refractivity contribution >= 4 is 26.8 Å². The van der Waals surface area contributed by atoms with Crippen LogP contribution in [-0.2, 0) is 29.6 Å². The number of benzene rings is 2. The summed E-state index contributed by atoms with van der Waals surface area (Å²) in [5.74, 6) is 1.23. The van der Waals surface area contributed by atoms with Gasteiger partial charge in [0.25, 0.3) is 10.1 Å². The van der Waals surface area contributed by atoms with Crippen LogP contribution in [0.5, 0.6) is 0 Å². The maximum Gasteiger partial charge on any atom is 0.297 e. The topological polar surface area (TPSA) is 61.8 Å². The number of aryl methyl sites for hydroxylation is 1. The van der Waals surface area contributed by atoms with Crippen LogP contribution in [0, 0.1) is 30.1 Å². The van der Waals surface area contributed by atoms with Gasteiger partial charge in [0, 0.05) is 12.3 Å². The Morgan fingerprint density at radius 2 is 1.49 bits per heavy atom. The quantitative estimate of drug-likeness (QED) is 0.102. The van der Waals surface area contributed by atoms with Crippen LogP contribution >= 0.6 is 0 Å². The molecule has 5 aliphatic carbocycles. The third kappa shape index (κ3) is 9.20. The van der Waals surface area contributed by atoms with Crippen LogP contribution < -0.4 is 0 Å². The van der Waals surface area contributed by atoms with Crippen molar-refractivity contribution in [3.63, 3.8) is 0 Å². The molecular formula is C45H70O5SSi2. The van der Waals surface area contributed by atoms with Crippen molar-refractivity contribution in [1.29, 1.82) is 0 Å². The average molecular weight is 779 g/mol. The van der Waals surface area contributed by atoms with Gasteiger partial charge in [-0.2, -0.15) is 8.42 Å². The van der Waals surface area contributed by atoms with Crippen LogP contribution in [0.25, 0.3) is 0 Å². The Morgan fingerprint density at radius 1 is 0.868 bits per heavy atom. The molecule has 8 heteroatoms. The van der Waals surface area contributed by atoms with E-state index >= 15 is 0 Å². The van der Waals surface area contributed by atoms with E-state index in [0.29, 0.717) is 12.3 Å². The van der Waals surface area contributed by atoms with Gasteiger partial charge >= 0.3 is 0 Å². The Morgan fingerprint density at radius 3 is 2.00 bits per heavy atom. The lowest BCUT2D eigenvalue weighted by molar-refractivity contribution is -0.0350. The summed E-state index contributed by atoms with van der Waals surface area (Å²) in [6.45, 7) is 25.4. The molecular weight excluding hydrogens is 709 g/mol. The molecule has 0 aliphatic heterocycles. The Labute approximate surface area is 325 Å². The van der Waals surface area contributed by atoms with Gasteiger partial charge in [-0.3, -0.25) is 4.18 Å². The molecule has 0 radical (unpaired) electrons. The van der Waals surface area contributed by atoms with Crippen molar-refractivity contribution in [1.82, 2.24) is 0 Å². The number of hydrogen-bond acceptors (Lipinski definition) is 5. The molecule has 5 aliphatic rings. The Kier molecular flexibility index (Phi) is 11.7. The molecule has 3 fully saturated rings. The van der Waals surface area contributed by atoms with E-state index in [9.17, 15) is 8.42 Å². The highest BCUT2D eigenvalue weighted by Crippen LogP contribution is 2.56. The fourth-order valence-corrected chi connectivity index (χ4v) is 12.7. The Bertz CT molecular complexity index is 1690. The molecule has 3 saturated carbocycles. The SMILES string of the molecule is Cc1ccc(S(=O)(=O)O[C@H]2C[C@@H](O[Si](C)(C)C(C)(C)C)[C@H](C=CCC(O[Si](C)(C)C(C)(C)C)C3(CC4CC4)CCC3)[C@H]2CC2Cc3ccc2cc3)cc1. The van der Waals surface area contributed by atoms with Crippen molar-refractivity contribution in [2.75, 3.05) is 0 Å². The van der Waals surface area contributed by atoms with Gasteiger partial charge < -0.3 is 8.85 Å². The fraction of sp³-hybridized carbons (Fsp3) is 0.689. The van der Waals surface area contributed by atoms with Crippen molar-refractivity contribution in [2.24, 2.45) is 23.2 Å². The minimum atomic E-state index is -3.98. The molecule has 53 heavy (non-hydrogen) atoms. The molecule has 0 aromatic heterocycles. The average Bonchev–Trinajstić information content (AvgIpc) is 3.81. The van der Waals surface area contributed by atoms with E-state index in [4.69, 9.17) is 13.0 Å². The molecule has 2 bridgehead atoms. The summed E-state index contributed by atoms with van der Waals surface area (Å²) < 4.78 is 49.1. The molecule has 2 aromatic carbocycles. The Balaban J connectivity index is 1.35. The largest absolute Gasteiger partial charge is 0.413 e. The highest BCUT2D eigenvalue weighted by molar-refractivity contribution is 7.86. The van der Waals surface area contributed by atoms with Crippen molar-refractivity contribution in [3.8, 4) is 0 Å². The fourth-order valence-electron chi connectivity index (χ4n) is 8.75. The third-order valence-electron chi connectivity index (χ3n) is 14.5. The van der Waals surface area contributed by atoms with E-state index in [1.54, 1.807) is 12.1 Å². The molecule has 5 nitrogen and oxygen atoms in total. The zero-order valence-corrected chi connectivity index (χ0v) is 37.7. The summed E-state index contributed by atoms with van der Waals surface area (Å²) in [6.07, 6.45) is 15.7. The maximum atomic E-state index is 14.0. The molecule has 7 rings (SSSR count). The highest BCUT2D eigenvalue weighted by Gasteiger charge is 2.52. The van der Waals surface area contributed by atoms with Crippen LogP contribution in [0.15, 0.2) is 65.6 Å². The summed E-state index contributed by atoms with van der Waals surface area (Å²) in [6, 6.07) is 16.0. The van der Waals surface area contributed by atoms with E-state index < -0.39 is 32.9 Å². The van der Waals surface area contributed by atoms with E-state index in [1.165, 1.54) is 49.7 Å². The van der Waals surface area contributed by atoms with Crippen LogP contribution in [0.2, 0.25) is 36.3 Å². The predicted octanol–water partition coefficient (Wildman–Crippen LogP) is 12.1. The second-order valence-corrected chi connectivity index (χ2v) is 31.7. The third-order valence-corrected chi connectivity index (χ3v) is 24.9. The smallest absolute Gasteiger partial charge is 0.297 e. The van der Waals surface area contributed by atoms with Gasteiger partial charge in [-0.25, -0.2) is 0 Å². The summed E-state index contributed by atoms with van der Waals surface area (Å²) in [4.78, 5) is 0.224. The van der Waals surface area contributed by atoms with Crippen molar-refractivity contribution in [2.45, 2.75) is 178 Å². The molecule has 2 unspecified atom stereocenters. The zero-order chi connectivity index (χ0) is 38.6. The second-order valence-electron chi connectivity index (χ2n) is 20.6. The number of hydrogen-bond donors (Lipinski definition) is 0. The standard InChI is InChI=1S/C45H70O5SSi2/c1-32-16-24-37(25-17-32)51(46,47)48-40-30-41(49-52(8,9)43(2,3)4)38(39(40)29-36-28-33-20-22-35(36)23-21-33)14-12-15-42(50-53(10,11)44(5,6)7)45(26-13-27-45)31-34-18-19-34/h12,14,16-17,20-25,34,36,38-42H,13,15,18-19,26-31H2,1-11H3/t36?,38-,39-,40+,41-,42?/m1/s1. The van der Waals surface area contributed by atoms with E-state index in [1.807, 2.05) is 19.1 Å². The Hall–Kier alpha value is -1.56. The molecule has 294 valence electrons. The highest BCUT2D eigenvalue weighted by atomic mass is 32.2. The van der Waals surface area contributed by atoms with Crippen molar-refractivity contribution < 1.29 is 21.5 Å². The van der Waals surface area contributed by atoms with Gasteiger partial charge in [0.2, 0.25) is 0 Å². The molecule has 0 saturated heterocycles. The van der Waals surface area contributed by atoms with E-state index in [-0.39, 0.29) is 44.4 Å². The second kappa shape index (κ2) is 15.1. The van der Waals surface area contributed by atoms with E-state index in [2.05, 4.69) is 104 Å². The monoisotopic (exact) mass is 778 g/mol. The summed E-state index contributed by atoms with van der Waals surface area (Å²) >= 11 is 0. The lowest BCUT2D eigenvalue weighted by Gasteiger charge is -2.52. The first kappa shape index (κ1) is 41.1. The summed E-state index contributed by atoms with van der Waals surface area (Å²) in [5.41, 5.74) is 3.98. The summed E-state index contributed by atoms with van der Waals surface area (Å²) in [5, 5.41) is 0.166. The lowest BCUT2D eigenvalue weighted by Crippen LogP contribution is -2.51. The molecule has 0 spiro atoms. The lowest BCUT2D eigenvalue weighted by atomic mass is 9.61. The van der Waals surface area contributed by atoms with Gasteiger partial charge in [0.1, 0.15) is 0 Å². The molecule has 0 N–H and O–H groups in total. The number of rotatable bonds is 15. The molecule has 2 aromatic rings. The van der Waals surface area contributed by atoms with Crippen LogP contribution in [0.4, 0.5) is 0 Å². The van der Waals surface area contributed by atoms with E-state index in [0.717, 1.165) is 30.7 Å². The molecule has 0 amide bonds.